The molecule has 0 radical (unpaired) electrons. The van der Waals surface area contributed by atoms with Crippen molar-refractivity contribution in [1.29, 1.82) is 0 Å². The Bertz CT molecular complexity index is 502. The third-order valence-corrected chi connectivity index (χ3v) is 3.20. The van der Waals surface area contributed by atoms with Crippen LogP contribution in [0.4, 0.5) is 17.6 Å². The lowest BCUT2D eigenvalue weighted by Gasteiger charge is -2.21. The second-order valence-corrected chi connectivity index (χ2v) is 4.75. The number of carbonyl (C=O) groups excluding carboxylic acids is 1. The standard InChI is InChI=1S/C14H18F4N2O/c1-4-20(3)13(21)9(2)19-8-10-5-6-11(15)7-12(10)14(16,17)18/h5-7,9,19H,4,8H2,1-3H3. The monoisotopic (exact) mass is 306 g/mol. The van der Waals surface area contributed by atoms with Gasteiger partial charge in [-0.15, -0.1) is 0 Å². The van der Waals surface area contributed by atoms with E-state index in [4.69, 9.17) is 0 Å². The summed E-state index contributed by atoms with van der Waals surface area (Å²) in [6.07, 6.45) is -4.63. The molecule has 1 rings (SSSR count). The fourth-order valence-corrected chi connectivity index (χ4v) is 1.80. The first kappa shape index (κ1) is 17.4. The Morgan fingerprint density at radius 1 is 1.38 bits per heavy atom. The zero-order valence-corrected chi connectivity index (χ0v) is 12.1. The summed E-state index contributed by atoms with van der Waals surface area (Å²) in [6.45, 7) is 3.71. The molecular formula is C14H18F4N2O. The first-order valence-corrected chi connectivity index (χ1v) is 6.50. The minimum Gasteiger partial charge on any atom is -0.345 e. The summed E-state index contributed by atoms with van der Waals surface area (Å²) in [6, 6.07) is 1.88. The fourth-order valence-electron chi connectivity index (χ4n) is 1.80. The van der Waals surface area contributed by atoms with Crippen molar-refractivity contribution >= 4 is 5.91 Å². The third-order valence-electron chi connectivity index (χ3n) is 3.20. The number of rotatable bonds is 5. The van der Waals surface area contributed by atoms with Gasteiger partial charge >= 0.3 is 6.18 Å². The van der Waals surface area contributed by atoms with Gasteiger partial charge in [0.15, 0.2) is 0 Å². The molecule has 1 unspecified atom stereocenters. The zero-order valence-electron chi connectivity index (χ0n) is 12.1. The summed E-state index contributed by atoms with van der Waals surface area (Å²) >= 11 is 0. The largest absolute Gasteiger partial charge is 0.416 e. The van der Waals surface area contributed by atoms with E-state index < -0.39 is 23.6 Å². The zero-order chi connectivity index (χ0) is 16.2. The van der Waals surface area contributed by atoms with Gasteiger partial charge in [-0.25, -0.2) is 4.39 Å². The van der Waals surface area contributed by atoms with Crippen LogP contribution >= 0.6 is 0 Å². The summed E-state index contributed by atoms with van der Waals surface area (Å²) in [5.41, 5.74) is -1.12. The molecule has 0 saturated heterocycles. The van der Waals surface area contributed by atoms with Gasteiger partial charge in [0.05, 0.1) is 11.6 Å². The molecule has 1 aromatic rings. The predicted octanol–water partition coefficient (Wildman–Crippen LogP) is 2.80. The van der Waals surface area contributed by atoms with E-state index in [1.165, 1.54) is 4.90 Å². The third kappa shape index (κ3) is 4.70. The van der Waals surface area contributed by atoms with Crippen LogP contribution in [0.2, 0.25) is 0 Å². The van der Waals surface area contributed by atoms with Crippen molar-refractivity contribution in [2.75, 3.05) is 13.6 Å². The Balaban J connectivity index is 2.83. The summed E-state index contributed by atoms with van der Waals surface area (Å²) in [7, 11) is 1.61. The van der Waals surface area contributed by atoms with E-state index in [0.29, 0.717) is 12.6 Å². The maximum absolute atomic E-state index is 13.0. The molecule has 0 aliphatic carbocycles. The average molecular weight is 306 g/mol. The van der Waals surface area contributed by atoms with E-state index in [9.17, 15) is 22.4 Å². The number of hydrogen-bond acceptors (Lipinski definition) is 2. The minimum absolute atomic E-state index is 0.0947. The molecule has 0 bridgehead atoms. The molecule has 1 atom stereocenters. The molecule has 0 aromatic heterocycles. The molecule has 7 heteroatoms. The second-order valence-electron chi connectivity index (χ2n) is 4.75. The van der Waals surface area contributed by atoms with Crippen LogP contribution in [0.15, 0.2) is 18.2 Å². The smallest absolute Gasteiger partial charge is 0.345 e. The Labute approximate surface area is 120 Å². The Kier molecular flexibility index (Phi) is 5.71. The quantitative estimate of drug-likeness (QED) is 0.849. The first-order valence-electron chi connectivity index (χ1n) is 6.50. The van der Waals surface area contributed by atoms with Gasteiger partial charge in [0, 0.05) is 20.1 Å². The van der Waals surface area contributed by atoms with E-state index in [1.807, 2.05) is 0 Å². The summed E-state index contributed by atoms with van der Waals surface area (Å²) < 4.78 is 51.4. The van der Waals surface area contributed by atoms with Crippen molar-refractivity contribution < 1.29 is 22.4 Å². The molecule has 1 aromatic carbocycles. The van der Waals surface area contributed by atoms with Crippen LogP contribution < -0.4 is 5.32 Å². The Hall–Kier alpha value is -1.63. The SMILES string of the molecule is CCN(C)C(=O)C(C)NCc1ccc(F)cc1C(F)(F)F. The minimum atomic E-state index is -4.63. The highest BCUT2D eigenvalue weighted by Crippen LogP contribution is 2.32. The second kappa shape index (κ2) is 6.89. The van der Waals surface area contributed by atoms with Crippen LogP contribution in [0, 0.1) is 5.82 Å². The summed E-state index contributed by atoms with van der Waals surface area (Å²) in [5.74, 6) is -1.16. The molecule has 21 heavy (non-hydrogen) atoms. The molecule has 0 heterocycles. The molecule has 118 valence electrons. The highest BCUT2D eigenvalue weighted by molar-refractivity contribution is 5.81. The average Bonchev–Trinajstić information content (AvgIpc) is 2.42. The summed E-state index contributed by atoms with van der Waals surface area (Å²) in [5, 5.41) is 2.73. The van der Waals surface area contributed by atoms with Gasteiger partial charge in [-0.1, -0.05) is 6.07 Å². The highest BCUT2D eigenvalue weighted by Gasteiger charge is 2.33. The van der Waals surface area contributed by atoms with Crippen molar-refractivity contribution in [3.05, 3.63) is 35.1 Å². The van der Waals surface area contributed by atoms with Gasteiger partial charge in [-0.3, -0.25) is 4.79 Å². The van der Waals surface area contributed by atoms with Crippen LogP contribution in [-0.4, -0.2) is 30.4 Å². The molecule has 1 amide bonds. The van der Waals surface area contributed by atoms with Crippen molar-refractivity contribution in [3.8, 4) is 0 Å². The number of benzene rings is 1. The molecule has 0 spiro atoms. The molecule has 0 saturated carbocycles. The van der Waals surface area contributed by atoms with Crippen molar-refractivity contribution in [2.24, 2.45) is 0 Å². The van der Waals surface area contributed by atoms with E-state index in [2.05, 4.69) is 5.32 Å². The lowest BCUT2D eigenvalue weighted by Crippen LogP contribution is -2.42. The van der Waals surface area contributed by atoms with Gasteiger partial charge in [-0.2, -0.15) is 13.2 Å². The van der Waals surface area contributed by atoms with E-state index in [0.717, 1.165) is 12.1 Å². The highest BCUT2D eigenvalue weighted by atomic mass is 19.4. The number of alkyl halides is 3. The number of likely N-dealkylation sites (N-methyl/N-ethyl adjacent to an activating group) is 1. The maximum atomic E-state index is 13.0. The van der Waals surface area contributed by atoms with Crippen LogP contribution in [0.3, 0.4) is 0 Å². The van der Waals surface area contributed by atoms with Gasteiger partial charge < -0.3 is 10.2 Å². The van der Waals surface area contributed by atoms with Gasteiger partial charge in [0.25, 0.3) is 0 Å². The topological polar surface area (TPSA) is 32.3 Å². The van der Waals surface area contributed by atoms with Gasteiger partial charge in [0.1, 0.15) is 5.82 Å². The van der Waals surface area contributed by atoms with Crippen LogP contribution in [0.25, 0.3) is 0 Å². The number of amides is 1. The van der Waals surface area contributed by atoms with Crippen LogP contribution in [-0.2, 0) is 17.5 Å². The van der Waals surface area contributed by atoms with E-state index in [1.54, 1.807) is 20.9 Å². The van der Waals surface area contributed by atoms with Crippen LogP contribution in [0.1, 0.15) is 25.0 Å². The molecule has 0 fully saturated rings. The van der Waals surface area contributed by atoms with Crippen molar-refractivity contribution in [2.45, 2.75) is 32.6 Å². The lowest BCUT2D eigenvalue weighted by molar-refractivity contribution is -0.138. The number of nitrogens with zero attached hydrogens (tertiary/aromatic N) is 1. The molecule has 0 aliphatic heterocycles. The number of nitrogens with one attached hydrogen (secondary N) is 1. The van der Waals surface area contributed by atoms with E-state index >= 15 is 0 Å². The van der Waals surface area contributed by atoms with Crippen molar-refractivity contribution in [3.63, 3.8) is 0 Å². The lowest BCUT2D eigenvalue weighted by atomic mass is 10.1. The number of halogens is 4. The summed E-state index contributed by atoms with van der Waals surface area (Å²) in [4.78, 5) is 13.3. The molecule has 3 nitrogen and oxygen atoms in total. The molecule has 0 aliphatic rings. The fraction of sp³-hybridized carbons (Fsp3) is 0.500. The Morgan fingerprint density at radius 2 is 2.00 bits per heavy atom. The molecular weight excluding hydrogens is 288 g/mol. The number of carbonyl (C=O) groups is 1. The molecule has 1 N–H and O–H groups in total. The Morgan fingerprint density at radius 3 is 2.52 bits per heavy atom. The normalized spacial score (nSPS) is 13.1. The van der Waals surface area contributed by atoms with Crippen molar-refractivity contribution in [1.82, 2.24) is 10.2 Å². The van der Waals surface area contributed by atoms with Crippen LogP contribution in [0.5, 0.6) is 0 Å². The first-order chi connectivity index (χ1) is 9.66. The number of hydrogen-bond donors (Lipinski definition) is 1. The maximum Gasteiger partial charge on any atom is 0.416 e. The predicted molar refractivity (Wildman–Crippen MR) is 71.0 cm³/mol. The van der Waals surface area contributed by atoms with E-state index in [-0.39, 0.29) is 18.0 Å². The van der Waals surface area contributed by atoms with Gasteiger partial charge in [-0.05, 0) is 31.5 Å². The van der Waals surface area contributed by atoms with Gasteiger partial charge in [0.2, 0.25) is 5.91 Å².